The molecule has 2 aliphatic rings. The molecule has 0 spiro atoms. The van der Waals surface area contributed by atoms with E-state index in [0.717, 1.165) is 63.5 Å². The van der Waals surface area contributed by atoms with Crippen molar-refractivity contribution in [3.8, 4) is 0 Å². The summed E-state index contributed by atoms with van der Waals surface area (Å²) < 4.78 is 0. The third-order valence-electron chi connectivity index (χ3n) is 7.11. The van der Waals surface area contributed by atoms with Crippen LogP contribution in [-0.4, -0.2) is 67.7 Å². The van der Waals surface area contributed by atoms with Crippen molar-refractivity contribution >= 4 is 11.8 Å². The third kappa shape index (κ3) is 7.80. The van der Waals surface area contributed by atoms with Gasteiger partial charge in [0.05, 0.1) is 0 Å². The van der Waals surface area contributed by atoms with E-state index in [2.05, 4.69) is 33.1 Å². The molecule has 2 aliphatic heterocycles. The Morgan fingerprint density at radius 3 is 1.36 bits per heavy atom. The van der Waals surface area contributed by atoms with Crippen molar-refractivity contribution in [3.63, 3.8) is 0 Å². The normalized spacial score (nSPS) is 23.1. The zero-order valence-corrected chi connectivity index (χ0v) is 21.5. The monoisotopic (exact) mass is 490 g/mol. The average Bonchev–Trinajstić information content (AvgIpc) is 3.46. The number of hydrogen-bond acceptors (Lipinski definition) is 6. The Labute approximate surface area is 214 Å². The second kappa shape index (κ2) is 13.6. The number of carbonyl (C=O) groups is 2. The smallest absolute Gasteiger partial charge is 0.219 e. The van der Waals surface area contributed by atoms with Crippen LogP contribution in [0.1, 0.15) is 38.3 Å². The molecule has 36 heavy (non-hydrogen) atoms. The molecule has 0 aromatic carbocycles. The molecule has 2 saturated heterocycles. The highest BCUT2D eigenvalue weighted by Gasteiger charge is 2.34. The highest BCUT2D eigenvalue weighted by Crippen LogP contribution is 2.29. The zero-order chi connectivity index (χ0) is 25.9. The van der Waals surface area contributed by atoms with Crippen LogP contribution < -0.4 is 0 Å². The molecule has 8 nitrogen and oxygen atoms in total. The van der Waals surface area contributed by atoms with Crippen LogP contribution in [0, 0.1) is 23.7 Å². The van der Waals surface area contributed by atoms with E-state index in [1.165, 1.54) is 0 Å². The van der Waals surface area contributed by atoms with E-state index in [0.29, 0.717) is 23.7 Å². The predicted octanol–water partition coefficient (Wildman–Crippen LogP) is 3.38. The Kier molecular flexibility index (Phi) is 10.3. The molecule has 8 heteroatoms. The number of likely N-dealkylation sites (tertiary alicyclic amines) is 2. The van der Waals surface area contributed by atoms with Gasteiger partial charge < -0.3 is 9.80 Å². The highest BCUT2D eigenvalue weighted by atomic mass is 16.2. The molecule has 2 aromatic heterocycles. The fourth-order valence-electron chi connectivity index (χ4n) is 5.16. The molecule has 2 amide bonds. The van der Waals surface area contributed by atoms with Crippen LogP contribution in [0.25, 0.3) is 0 Å². The number of aromatic nitrogens is 4. The molecule has 0 radical (unpaired) electrons. The minimum Gasteiger partial charge on any atom is -0.342 e. The van der Waals surface area contributed by atoms with Crippen LogP contribution >= 0.6 is 0 Å². The molecular formula is C28H38N6O2. The molecule has 2 fully saturated rings. The van der Waals surface area contributed by atoms with E-state index < -0.39 is 0 Å². The summed E-state index contributed by atoms with van der Waals surface area (Å²) in [7, 11) is 0. The van der Waals surface area contributed by atoms with Gasteiger partial charge in [0, 0.05) is 77.7 Å². The summed E-state index contributed by atoms with van der Waals surface area (Å²) in [5.41, 5.74) is 0. The van der Waals surface area contributed by atoms with Gasteiger partial charge in [-0.05, 0) is 48.6 Å². The highest BCUT2D eigenvalue weighted by molar-refractivity contribution is 5.74. The van der Waals surface area contributed by atoms with Crippen molar-refractivity contribution in [1.29, 1.82) is 0 Å². The molecule has 4 atom stereocenters. The van der Waals surface area contributed by atoms with Crippen LogP contribution in [0.4, 0.5) is 0 Å². The lowest BCUT2D eigenvalue weighted by molar-refractivity contribution is -0.128. The number of allylic oxidation sites excluding steroid dienone is 2. The van der Waals surface area contributed by atoms with Gasteiger partial charge in [0.1, 0.15) is 11.6 Å². The summed E-state index contributed by atoms with van der Waals surface area (Å²) in [6, 6.07) is 3.64. The number of rotatable bonds is 8. The lowest BCUT2D eigenvalue weighted by Crippen LogP contribution is -2.26. The van der Waals surface area contributed by atoms with Gasteiger partial charge in [-0.3, -0.25) is 9.59 Å². The largest absolute Gasteiger partial charge is 0.342 e. The first-order valence-corrected chi connectivity index (χ1v) is 12.7. The SMILES string of the molecule is C=CC[C@@H]1CN(C(C)=O)C[C@H]1Cc1ncccn1.C=CC[C@H]1CN(C(C)=O)C[C@@H]1Cc1ncccn1. The first kappa shape index (κ1) is 27.2. The van der Waals surface area contributed by atoms with Gasteiger partial charge in [-0.2, -0.15) is 0 Å². The Balaban J connectivity index is 0.000000201. The average molecular weight is 491 g/mol. The molecule has 0 N–H and O–H groups in total. The topological polar surface area (TPSA) is 92.2 Å². The number of nitrogens with zero attached hydrogens (tertiary/aromatic N) is 6. The van der Waals surface area contributed by atoms with Gasteiger partial charge in [0.15, 0.2) is 0 Å². The van der Waals surface area contributed by atoms with Gasteiger partial charge in [0.25, 0.3) is 0 Å². The van der Waals surface area contributed by atoms with Crippen LogP contribution in [-0.2, 0) is 22.4 Å². The van der Waals surface area contributed by atoms with Crippen molar-refractivity contribution in [2.24, 2.45) is 23.7 Å². The van der Waals surface area contributed by atoms with E-state index in [1.54, 1.807) is 38.6 Å². The number of carbonyl (C=O) groups excluding carboxylic acids is 2. The lowest BCUT2D eigenvalue weighted by atomic mass is 9.90. The van der Waals surface area contributed by atoms with E-state index in [-0.39, 0.29) is 11.8 Å². The molecule has 0 unspecified atom stereocenters. The first-order chi connectivity index (χ1) is 17.4. The second-order valence-electron chi connectivity index (χ2n) is 9.68. The van der Waals surface area contributed by atoms with Crippen LogP contribution in [0.5, 0.6) is 0 Å². The van der Waals surface area contributed by atoms with Crippen molar-refractivity contribution in [2.75, 3.05) is 26.2 Å². The maximum Gasteiger partial charge on any atom is 0.219 e. The van der Waals surface area contributed by atoms with Gasteiger partial charge in [-0.1, -0.05) is 12.2 Å². The van der Waals surface area contributed by atoms with Crippen molar-refractivity contribution in [2.45, 2.75) is 39.5 Å². The number of hydrogen-bond donors (Lipinski definition) is 0. The summed E-state index contributed by atoms with van der Waals surface area (Å²) in [4.78, 5) is 43.8. The molecule has 4 rings (SSSR count). The summed E-state index contributed by atoms with van der Waals surface area (Å²) in [5, 5.41) is 0. The minimum atomic E-state index is 0.153. The summed E-state index contributed by atoms with van der Waals surface area (Å²) >= 11 is 0. The van der Waals surface area contributed by atoms with Gasteiger partial charge in [0.2, 0.25) is 11.8 Å². The molecule has 4 heterocycles. The third-order valence-corrected chi connectivity index (χ3v) is 7.11. The molecule has 192 valence electrons. The lowest BCUT2D eigenvalue weighted by Gasteiger charge is -2.14. The second-order valence-corrected chi connectivity index (χ2v) is 9.68. The maximum atomic E-state index is 11.5. The summed E-state index contributed by atoms with van der Waals surface area (Å²) in [6.07, 6.45) is 14.5. The van der Waals surface area contributed by atoms with E-state index in [4.69, 9.17) is 0 Å². The maximum absolute atomic E-state index is 11.5. The molecule has 0 aliphatic carbocycles. The van der Waals surface area contributed by atoms with E-state index >= 15 is 0 Å². The zero-order valence-electron chi connectivity index (χ0n) is 21.5. The van der Waals surface area contributed by atoms with Crippen molar-refractivity contribution in [1.82, 2.24) is 29.7 Å². The number of amides is 2. The van der Waals surface area contributed by atoms with E-state index in [9.17, 15) is 9.59 Å². The van der Waals surface area contributed by atoms with E-state index in [1.807, 2.05) is 34.1 Å². The Hall–Kier alpha value is -3.42. The summed E-state index contributed by atoms with van der Waals surface area (Å²) in [5.74, 6) is 3.87. The van der Waals surface area contributed by atoms with Gasteiger partial charge in [-0.15, -0.1) is 13.2 Å². The van der Waals surface area contributed by atoms with Crippen LogP contribution in [0.15, 0.2) is 62.2 Å². The van der Waals surface area contributed by atoms with Crippen molar-refractivity contribution in [3.05, 3.63) is 73.9 Å². The first-order valence-electron chi connectivity index (χ1n) is 12.7. The molecule has 2 aromatic rings. The predicted molar refractivity (Wildman–Crippen MR) is 140 cm³/mol. The molecular weight excluding hydrogens is 452 g/mol. The van der Waals surface area contributed by atoms with Crippen LogP contribution in [0.2, 0.25) is 0 Å². The fraction of sp³-hybridized carbons (Fsp3) is 0.500. The Morgan fingerprint density at radius 1 is 0.722 bits per heavy atom. The fourth-order valence-corrected chi connectivity index (χ4v) is 5.16. The van der Waals surface area contributed by atoms with Gasteiger partial charge >= 0.3 is 0 Å². The van der Waals surface area contributed by atoms with Crippen molar-refractivity contribution < 1.29 is 9.59 Å². The molecule has 0 saturated carbocycles. The van der Waals surface area contributed by atoms with Crippen LogP contribution in [0.3, 0.4) is 0 Å². The standard InChI is InChI=1S/2C14H19N3O/c2*1-3-5-12-9-17(11(2)18)10-13(12)8-14-15-6-4-7-16-14/h2*3-4,6-7,12-13H,1,5,8-10H2,2H3/t2*12-,13-/m10/s1. The summed E-state index contributed by atoms with van der Waals surface area (Å²) in [6.45, 7) is 14.2. The quantitative estimate of drug-likeness (QED) is 0.527. The minimum absolute atomic E-state index is 0.153. The Morgan fingerprint density at radius 2 is 1.06 bits per heavy atom. The Bertz CT molecular complexity index is 918. The molecule has 0 bridgehead atoms. The van der Waals surface area contributed by atoms with Gasteiger partial charge in [-0.25, -0.2) is 19.9 Å².